The summed E-state index contributed by atoms with van der Waals surface area (Å²) in [4.78, 5) is 0. The van der Waals surface area contributed by atoms with Gasteiger partial charge in [0.1, 0.15) is 0 Å². The molecule has 0 aromatic heterocycles. The number of rotatable bonds is 3. The Kier molecular flexibility index (Phi) is 15.5. The van der Waals surface area contributed by atoms with Gasteiger partial charge in [0.25, 0.3) is 0 Å². The summed E-state index contributed by atoms with van der Waals surface area (Å²) in [6.07, 6.45) is 5.54. The first-order valence-electron chi connectivity index (χ1n) is 2.91. The molecule has 0 bridgehead atoms. The van der Waals surface area contributed by atoms with Gasteiger partial charge in [-0.3, -0.25) is 0 Å². The van der Waals surface area contributed by atoms with E-state index in [2.05, 4.69) is 13.8 Å². The van der Waals surface area contributed by atoms with Crippen LogP contribution in [0.3, 0.4) is 0 Å². The summed E-state index contributed by atoms with van der Waals surface area (Å²) in [6.45, 7) is 4.46. The third-order valence-corrected chi connectivity index (χ3v) is 0.957. The number of hydrogen-bond donors (Lipinski definition) is 0. The molecule has 0 aliphatic carbocycles. The van der Waals surface area contributed by atoms with Crippen LogP contribution < -0.4 is 0 Å². The Morgan fingerprint density at radius 2 is 1.14 bits per heavy atom. The Hall–Kier alpha value is 0.922. The van der Waals surface area contributed by atoms with Crippen molar-refractivity contribution in [3.05, 3.63) is 0 Å². The maximum absolute atomic E-state index is 2.23. The van der Waals surface area contributed by atoms with Crippen LogP contribution in [0.1, 0.15) is 39.5 Å². The van der Waals surface area contributed by atoms with Crippen LogP contribution in [-0.2, 0) is 27.3 Å². The van der Waals surface area contributed by atoms with E-state index in [-0.39, 0.29) is 27.3 Å². The van der Waals surface area contributed by atoms with E-state index in [9.17, 15) is 0 Å². The fraction of sp³-hybridized carbons (Fsp3) is 1.00. The maximum Gasteiger partial charge on any atom is 0 e. The molecule has 0 saturated carbocycles. The van der Waals surface area contributed by atoms with Gasteiger partial charge in [0.2, 0.25) is 0 Å². The molecule has 0 unspecified atom stereocenters. The van der Waals surface area contributed by atoms with Crippen LogP contribution in [0, 0.1) is 0 Å². The summed E-state index contributed by atoms with van der Waals surface area (Å²) in [7, 11) is 0. The molecule has 0 saturated heterocycles. The van der Waals surface area contributed by atoms with Crippen molar-refractivity contribution < 1.29 is 27.3 Å². The zero-order valence-electron chi connectivity index (χ0n) is 5.54. The summed E-state index contributed by atoms with van der Waals surface area (Å²) >= 11 is 0. The molecular weight excluding hydrogens is 184 g/mol. The van der Waals surface area contributed by atoms with Crippen molar-refractivity contribution in [2.24, 2.45) is 0 Å². The molecule has 0 aromatic carbocycles. The average molecular weight is 199 g/mol. The second-order valence-corrected chi connectivity index (χ2v) is 1.71. The van der Waals surface area contributed by atoms with Gasteiger partial charge in [0, 0.05) is 27.3 Å². The number of hydrogen-bond acceptors (Lipinski definition) is 0. The summed E-state index contributed by atoms with van der Waals surface area (Å²) in [5, 5.41) is 0. The predicted molar refractivity (Wildman–Crippen MR) is 29.8 cm³/mol. The summed E-state index contributed by atoms with van der Waals surface area (Å²) < 4.78 is 0. The first-order valence-corrected chi connectivity index (χ1v) is 2.91. The summed E-state index contributed by atoms with van der Waals surface area (Å²) in [5.74, 6) is 0. The van der Waals surface area contributed by atoms with Crippen molar-refractivity contribution in [3.63, 3.8) is 0 Å². The van der Waals surface area contributed by atoms with E-state index in [4.69, 9.17) is 0 Å². The minimum atomic E-state index is 0. The van der Waals surface area contributed by atoms with Gasteiger partial charge in [0.15, 0.2) is 0 Å². The van der Waals surface area contributed by atoms with Crippen LogP contribution in [-0.4, -0.2) is 0 Å². The second-order valence-electron chi connectivity index (χ2n) is 1.71. The van der Waals surface area contributed by atoms with E-state index in [1.807, 2.05) is 0 Å². The van der Waals surface area contributed by atoms with Gasteiger partial charge in [0.05, 0.1) is 0 Å². The maximum atomic E-state index is 2.23. The molecule has 0 rings (SSSR count). The van der Waals surface area contributed by atoms with E-state index >= 15 is 0 Å². The first kappa shape index (κ1) is 10.8. The van der Waals surface area contributed by atoms with Crippen LogP contribution in [0.25, 0.3) is 0 Å². The van der Waals surface area contributed by atoms with Crippen LogP contribution in [0.2, 0.25) is 0 Å². The fourth-order valence-electron chi connectivity index (χ4n) is 0.500. The third kappa shape index (κ3) is 10.9. The summed E-state index contributed by atoms with van der Waals surface area (Å²) in [6, 6.07) is 0. The quantitative estimate of drug-likeness (QED) is 0.483. The topological polar surface area (TPSA) is 0 Å². The Morgan fingerprint density at radius 3 is 1.29 bits per heavy atom. The molecule has 0 amide bonds. The van der Waals surface area contributed by atoms with Gasteiger partial charge in [-0.25, -0.2) is 0 Å². The van der Waals surface area contributed by atoms with Crippen LogP contribution >= 0.6 is 0 Å². The molecular formula is C6H14Cd. The van der Waals surface area contributed by atoms with Crippen LogP contribution in [0.15, 0.2) is 0 Å². The minimum Gasteiger partial charge on any atom is -0.0654 e. The normalized spacial score (nSPS) is 7.71. The monoisotopic (exact) mass is 200 g/mol. The Labute approximate surface area is 66.8 Å². The van der Waals surface area contributed by atoms with Crippen LogP contribution in [0.5, 0.6) is 0 Å². The van der Waals surface area contributed by atoms with Gasteiger partial charge in [-0.15, -0.1) is 0 Å². The molecule has 1 heteroatoms. The molecule has 7 heavy (non-hydrogen) atoms. The molecule has 0 atom stereocenters. The minimum absolute atomic E-state index is 0. The zero-order valence-corrected chi connectivity index (χ0v) is 9.57. The Morgan fingerprint density at radius 1 is 0.857 bits per heavy atom. The van der Waals surface area contributed by atoms with Crippen molar-refractivity contribution >= 4 is 0 Å². The third-order valence-electron chi connectivity index (χ3n) is 0.957. The number of unbranched alkanes of at least 4 members (excludes halogenated alkanes) is 3. The van der Waals surface area contributed by atoms with Crippen LogP contribution in [0.4, 0.5) is 0 Å². The van der Waals surface area contributed by atoms with Gasteiger partial charge in [-0.1, -0.05) is 39.5 Å². The first-order chi connectivity index (χ1) is 2.91. The molecule has 0 N–H and O–H groups in total. The van der Waals surface area contributed by atoms with E-state index in [1.165, 1.54) is 25.7 Å². The second kappa shape index (κ2) is 10.0. The van der Waals surface area contributed by atoms with Crippen molar-refractivity contribution in [3.8, 4) is 0 Å². The summed E-state index contributed by atoms with van der Waals surface area (Å²) in [5.41, 5.74) is 0. The van der Waals surface area contributed by atoms with E-state index in [1.54, 1.807) is 0 Å². The van der Waals surface area contributed by atoms with E-state index < -0.39 is 0 Å². The van der Waals surface area contributed by atoms with Gasteiger partial charge >= 0.3 is 0 Å². The van der Waals surface area contributed by atoms with Crippen molar-refractivity contribution in [1.82, 2.24) is 0 Å². The van der Waals surface area contributed by atoms with Gasteiger partial charge in [-0.2, -0.15) is 0 Å². The molecule has 0 heterocycles. The van der Waals surface area contributed by atoms with Gasteiger partial charge < -0.3 is 0 Å². The smallest absolute Gasteiger partial charge is 0 e. The molecule has 0 aliphatic heterocycles. The molecule has 0 aromatic rings. The fourth-order valence-corrected chi connectivity index (χ4v) is 0.500. The largest absolute Gasteiger partial charge is 0.0654 e. The Bertz CT molecular complexity index is 16.1. The SMILES string of the molecule is CCCCCC.[Cd]. The molecule has 0 nitrogen and oxygen atoms in total. The zero-order chi connectivity index (χ0) is 4.83. The standard InChI is InChI=1S/C6H14.Cd/c1-3-5-6-4-2;/h3-6H2,1-2H3;. The molecule has 40 valence electrons. The molecule has 0 spiro atoms. The Balaban J connectivity index is 0. The van der Waals surface area contributed by atoms with E-state index in [0.29, 0.717) is 0 Å². The van der Waals surface area contributed by atoms with Crippen molar-refractivity contribution in [2.45, 2.75) is 39.5 Å². The van der Waals surface area contributed by atoms with Gasteiger partial charge in [-0.05, 0) is 0 Å². The molecule has 0 radical (unpaired) electrons. The average Bonchev–Trinajstić information content (AvgIpc) is 1.61. The van der Waals surface area contributed by atoms with Crippen molar-refractivity contribution in [2.75, 3.05) is 0 Å². The predicted octanol–water partition coefficient (Wildman–Crippen LogP) is 2.58. The van der Waals surface area contributed by atoms with E-state index in [0.717, 1.165) is 0 Å². The van der Waals surface area contributed by atoms with Crippen molar-refractivity contribution in [1.29, 1.82) is 0 Å². The molecule has 0 fully saturated rings. The molecule has 0 aliphatic rings.